The molecule has 1 aliphatic carbocycles. The first kappa shape index (κ1) is 21.5. The van der Waals surface area contributed by atoms with Gasteiger partial charge in [0.25, 0.3) is 0 Å². The fraction of sp³-hybridized carbons (Fsp3) is 0.571. The van der Waals surface area contributed by atoms with E-state index in [1.807, 2.05) is 35.8 Å². The molecule has 0 bridgehead atoms. The maximum Gasteiger partial charge on any atom is 0.230 e. The predicted octanol–water partition coefficient (Wildman–Crippen LogP) is 4.16. The van der Waals surface area contributed by atoms with Crippen molar-refractivity contribution < 1.29 is 14.3 Å². The topological polar surface area (TPSA) is 78.3 Å². The van der Waals surface area contributed by atoms with Gasteiger partial charge in [-0.25, -0.2) is 0 Å². The number of hydrogen-bond donors (Lipinski definition) is 1. The van der Waals surface area contributed by atoms with Gasteiger partial charge in [-0.1, -0.05) is 30.7 Å². The number of nitrogens with one attached hydrogen (secondary N) is 1. The molecule has 1 saturated carbocycles. The summed E-state index contributed by atoms with van der Waals surface area (Å²) in [5.74, 6) is 2.58. The summed E-state index contributed by atoms with van der Waals surface area (Å²) in [5, 5.41) is 12.5. The molecular weight excluding hydrogens is 388 g/mol. The maximum absolute atomic E-state index is 12.3. The quantitative estimate of drug-likeness (QED) is 0.616. The van der Waals surface area contributed by atoms with Crippen molar-refractivity contribution in [3.8, 4) is 11.5 Å². The Balaban J connectivity index is 1.66. The Labute approximate surface area is 176 Å². The zero-order valence-corrected chi connectivity index (χ0v) is 18.4. The van der Waals surface area contributed by atoms with Gasteiger partial charge in [-0.05, 0) is 45.7 Å². The fourth-order valence-corrected chi connectivity index (χ4v) is 4.44. The van der Waals surface area contributed by atoms with Crippen molar-refractivity contribution in [2.45, 2.75) is 69.8 Å². The highest BCUT2D eigenvalue weighted by Crippen LogP contribution is 2.29. The van der Waals surface area contributed by atoms with Crippen LogP contribution in [0.1, 0.15) is 64.4 Å². The van der Waals surface area contributed by atoms with E-state index in [1.54, 1.807) is 7.11 Å². The number of amides is 1. The first-order chi connectivity index (χ1) is 14.0. The second kappa shape index (κ2) is 10.0. The standard InChI is InChI=1S/C21H30N4O3S/c1-14(2)25-20(15(3)28-18-11-7-10-17(12-18)27-4)23-24-21(25)29-13-19(26)22-16-8-5-6-9-16/h7,10-12,14-16H,5-6,8-9,13H2,1-4H3,(H,22,26). The molecule has 0 saturated heterocycles. The summed E-state index contributed by atoms with van der Waals surface area (Å²) in [6.07, 6.45) is 4.28. The SMILES string of the molecule is COc1cccc(OC(C)c2nnc(SCC(=O)NC3CCCC3)n2C(C)C)c1. The lowest BCUT2D eigenvalue weighted by molar-refractivity contribution is -0.119. The molecule has 1 N–H and O–H groups in total. The molecule has 1 fully saturated rings. The molecule has 1 aromatic heterocycles. The van der Waals surface area contributed by atoms with E-state index < -0.39 is 0 Å². The molecule has 0 aliphatic heterocycles. The highest BCUT2D eigenvalue weighted by molar-refractivity contribution is 7.99. The van der Waals surface area contributed by atoms with Gasteiger partial charge in [0.05, 0.1) is 12.9 Å². The van der Waals surface area contributed by atoms with Gasteiger partial charge in [-0.3, -0.25) is 4.79 Å². The number of benzene rings is 1. The minimum atomic E-state index is -0.293. The smallest absolute Gasteiger partial charge is 0.230 e. The molecule has 1 aromatic carbocycles. The summed E-state index contributed by atoms with van der Waals surface area (Å²) >= 11 is 1.42. The summed E-state index contributed by atoms with van der Waals surface area (Å²) in [5.41, 5.74) is 0. The molecule has 158 valence electrons. The number of ether oxygens (including phenoxy) is 2. The summed E-state index contributed by atoms with van der Waals surface area (Å²) in [6.45, 7) is 6.10. The van der Waals surface area contributed by atoms with Crippen LogP contribution in [0.5, 0.6) is 11.5 Å². The first-order valence-corrected chi connectivity index (χ1v) is 11.1. The lowest BCUT2D eigenvalue weighted by Crippen LogP contribution is -2.33. The molecule has 1 atom stereocenters. The molecule has 7 nitrogen and oxygen atoms in total. The zero-order valence-electron chi connectivity index (χ0n) is 17.6. The van der Waals surface area contributed by atoms with Crippen molar-refractivity contribution in [3.05, 3.63) is 30.1 Å². The number of aromatic nitrogens is 3. The third kappa shape index (κ3) is 5.65. The Hall–Kier alpha value is -2.22. The highest BCUT2D eigenvalue weighted by atomic mass is 32.2. The van der Waals surface area contributed by atoms with Crippen molar-refractivity contribution in [2.75, 3.05) is 12.9 Å². The molecule has 29 heavy (non-hydrogen) atoms. The van der Waals surface area contributed by atoms with Crippen molar-refractivity contribution in [2.24, 2.45) is 0 Å². The van der Waals surface area contributed by atoms with Crippen molar-refractivity contribution in [1.29, 1.82) is 0 Å². The monoisotopic (exact) mass is 418 g/mol. The van der Waals surface area contributed by atoms with Gasteiger partial charge in [0.2, 0.25) is 5.91 Å². The van der Waals surface area contributed by atoms with E-state index in [2.05, 4.69) is 29.4 Å². The van der Waals surface area contributed by atoms with E-state index in [9.17, 15) is 4.79 Å². The lowest BCUT2D eigenvalue weighted by atomic mass is 10.2. The third-order valence-electron chi connectivity index (χ3n) is 4.98. The number of methoxy groups -OCH3 is 1. The lowest BCUT2D eigenvalue weighted by Gasteiger charge is -2.19. The molecule has 1 unspecified atom stereocenters. The van der Waals surface area contributed by atoms with Crippen molar-refractivity contribution >= 4 is 17.7 Å². The van der Waals surface area contributed by atoms with Crippen LogP contribution in [0.3, 0.4) is 0 Å². The largest absolute Gasteiger partial charge is 0.497 e. The van der Waals surface area contributed by atoms with E-state index in [-0.39, 0.29) is 18.1 Å². The Morgan fingerprint density at radius 3 is 2.66 bits per heavy atom. The van der Waals surface area contributed by atoms with Crippen LogP contribution in [0.25, 0.3) is 0 Å². The number of carbonyl (C=O) groups is 1. The van der Waals surface area contributed by atoms with Gasteiger partial charge < -0.3 is 19.4 Å². The average molecular weight is 419 g/mol. The highest BCUT2D eigenvalue weighted by Gasteiger charge is 2.23. The number of rotatable bonds is 9. The summed E-state index contributed by atoms with van der Waals surface area (Å²) in [4.78, 5) is 12.3. The van der Waals surface area contributed by atoms with Gasteiger partial charge in [-0.15, -0.1) is 10.2 Å². The van der Waals surface area contributed by atoms with Crippen LogP contribution < -0.4 is 14.8 Å². The van der Waals surface area contributed by atoms with Crippen LogP contribution in [0.4, 0.5) is 0 Å². The van der Waals surface area contributed by atoms with E-state index in [0.717, 1.165) is 29.6 Å². The average Bonchev–Trinajstić information content (AvgIpc) is 3.36. The van der Waals surface area contributed by atoms with E-state index in [1.165, 1.54) is 24.6 Å². The molecule has 8 heteroatoms. The number of thioether (sulfide) groups is 1. The van der Waals surface area contributed by atoms with Gasteiger partial charge in [0.1, 0.15) is 11.5 Å². The normalized spacial score (nSPS) is 15.5. The van der Waals surface area contributed by atoms with Gasteiger partial charge in [-0.2, -0.15) is 0 Å². The molecule has 0 spiro atoms. The predicted molar refractivity (Wildman–Crippen MR) is 114 cm³/mol. The Morgan fingerprint density at radius 2 is 1.97 bits per heavy atom. The van der Waals surface area contributed by atoms with E-state index in [4.69, 9.17) is 9.47 Å². The summed E-state index contributed by atoms with van der Waals surface area (Å²) < 4.78 is 13.4. The van der Waals surface area contributed by atoms with Crippen LogP contribution in [0.15, 0.2) is 29.4 Å². The van der Waals surface area contributed by atoms with E-state index >= 15 is 0 Å². The fourth-order valence-electron chi connectivity index (χ4n) is 3.55. The van der Waals surface area contributed by atoms with Crippen LogP contribution in [-0.2, 0) is 4.79 Å². The minimum Gasteiger partial charge on any atom is -0.497 e. The van der Waals surface area contributed by atoms with Crippen LogP contribution in [0.2, 0.25) is 0 Å². The van der Waals surface area contributed by atoms with Crippen molar-refractivity contribution in [1.82, 2.24) is 20.1 Å². The van der Waals surface area contributed by atoms with Crippen LogP contribution in [0, 0.1) is 0 Å². The Morgan fingerprint density at radius 1 is 1.24 bits per heavy atom. The first-order valence-electron chi connectivity index (χ1n) is 10.2. The molecule has 0 radical (unpaired) electrons. The summed E-state index contributed by atoms with van der Waals surface area (Å²) in [7, 11) is 1.63. The summed E-state index contributed by atoms with van der Waals surface area (Å²) in [6, 6.07) is 7.97. The number of nitrogens with zero attached hydrogens (tertiary/aromatic N) is 3. The maximum atomic E-state index is 12.3. The van der Waals surface area contributed by atoms with Gasteiger partial charge >= 0.3 is 0 Å². The zero-order chi connectivity index (χ0) is 20.8. The Bertz CT molecular complexity index is 818. The molecule has 1 amide bonds. The van der Waals surface area contributed by atoms with Crippen LogP contribution in [-0.4, -0.2) is 39.6 Å². The third-order valence-corrected chi connectivity index (χ3v) is 5.92. The Kier molecular flexibility index (Phi) is 7.41. The number of hydrogen-bond acceptors (Lipinski definition) is 6. The van der Waals surface area contributed by atoms with Gasteiger partial charge in [0, 0.05) is 18.2 Å². The van der Waals surface area contributed by atoms with Crippen molar-refractivity contribution in [3.63, 3.8) is 0 Å². The molecular formula is C21H30N4O3S. The van der Waals surface area contributed by atoms with Crippen LogP contribution >= 0.6 is 11.8 Å². The molecule has 2 aromatic rings. The number of carbonyl (C=O) groups excluding carboxylic acids is 1. The molecule has 1 heterocycles. The second-order valence-corrected chi connectivity index (χ2v) is 8.52. The minimum absolute atomic E-state index is 0.0578. The van der Waals surface area contributed by atoms with Gasteiger partial charge in [0.15, 0.2) is 17.1 Å². The van der Waals surface area contributed by atoms with E-state index in [0.29, 0.717) is 17.5 Å². The second-order valence-electron chi connectivity index (χ2n) is 7.58. The molecule has 3 rings (SSSR count). The molecule has 1 aliphatic rings.